The van der Waals surface area contributed by atoms with E-state index in [0.29, 0.717) is 6.42 Å². The molecule has 114 valence electrons. The molecular weight excluding hydrogens is 266 g/mol. The first kappa shape index (κ1) is 14.2. The second kappa shape index (κ2) is 4.64. The standard InChI is InChI=1S/C13H21NO6/c1-5-7-6-13(15,20-14-7)10-8-9(11(16-4)17-10)19-12(2,3)18-8/h8-11,15H,5-6H2,1-4H3/t8-,9-,10+,11-,13?/m1/s1. The van der Waals surface area contributed by atoms with Crippen molar-refractivity contribution in [3.8, 4) is 0 Å². The van der Waals surface area contributed by atoms with Crippen molar-refractivity contribution in [3.05, 3.63) is 0 Å². The molecule has 3 heterocycles. The Kier molecular flexibility index (Phi) is 3.30. The second-order valence-electron chi connectivity index (χ2n) is 5.85. The Balaban J connectivity index is 1.81. The van der Waals surface area contributed by atoms with Crippen LogP contribution in [0.25, 0.3) is 0 Å². The van der Waals surface area contributed by atoms with Crippen molar-refractivity contribution in [1.82, 2.24) is 0 Å². The van der Waals surface area contributed by atoms with Gasteiger partial charge in [0.2, 0.25) is 0 Å². The summed E-state index contributed by atoms with van der Waals surface area (Å²) < 4.78 is 22.6. The van der Waals surface area contributed by atoms with E-state index in [-0.39, 0.29) is 0 Å². The smallest absolute Gasteiger partial charge is 0.269 e. The van der Waals surface area contributed by atoms with Gasteiger partial charge in [-0.05, 0) is 20.3 Å². The quantitative estimate of drug-likeness (QED) is 0.825. The van der Waals surface area contributed by atoms with Gasteiger partial charge in [0.1, 0.15) is 12.2 Å². The second-order valence-corrected chi connectivity index (χ2v) is 5.85. The van der Waals surface area contributed by atoms with Gasteiger partial charge in [0.25, 0.3) is 5.79 Å². The summed E-state index contributed by atoms with van der Waals surface area (Å²) in [5.41, 5.74) is 0.798. The third-order valence-corrected chi connectivity index (χ3v) is 3.89. The molecule has 7 nitrogen and oxygen atoms in total. The third kappa shape index (κ3) is 2.14. The molecule has 1 unspecified atom stereocenters. The van der Waals surface area contributed by atoms with Crippen LogP contribution in [-0.2, 0) is 23.8 Å². The molecule has 2 saturated heterocycles. The molecule has 2 fully saturated rings. The molecular formula is C13H21NO6. The molecule has 3 aliphatic heterocycles. The number of oxime groups is 1. The van der Waals surface area contributed by atoms with Crippen molar-refractivity contribution in [2.24, 2.45) is 5.16 Å². The van der Waals surface area contributed by atoms with E-state index >= 15 is 0 Å². The highest BCUT2D eigenvalue weighted by molar-refractivity contribution is 5.85. The molecule has 0 aromatic heterocycles. The summed E-state index contributed by atoms with van der Waals surface area (Å²) in [6, 6.07) is 0. The zero-order valence-corrected chi connectivity index (χ0v) is 12.2. The van der Waals surface area contributed by atoms with Gasteiger partial charge in [0, 0.05) is 7.11 Å². The minimum absolute atomic E-state index is 0.303. The highest BCUT2D eigenvalue weighted by Gasteiger charge is 2.63. The normalized spacial score (nSPS) is 46.1. The molecule has 0 spiro atoms. The molecule has 0 bridgehead atoms. The number of rotatable bonds is 3. The lowest BCUT2D eigenvalue weighted by molar-refractivity contribution is -0.299. The molecule has 20 heavy (non-hydrogen) atoms. The van der Waals surface area contributed by atoms with Crippen molar-refractivity contribution in [2.45, 2.75) is 69.8 Å². The molecule has 3 rings (SSSR count). The van der Waals surface area contributed by atoms with Gasteiger partial charge < -0.3 is 28.9 Å². The number of hydrogen-bond acceptors (Lipinski definition) is 7. The van der Waals surface area contributed by atoms with E-state index in [2.05, 4.69) is 5.16 Å². The van der Waals surface area contributed by atoms with Crippen molar-refractivity contribution < 1.29 is 28.9 Å². The number of hydrogen-bond donors (Lipinski definition) is 1. The molecule has 0 aliphatic carbocycles. The first-order chi connectivity index (χ1) is 9.38. The summed E-state index contributed by atoms with van der Waals surface area (Å²) in [5.74, 6) is -2.26. The zero-order valence-electron chi connectivity index (χ0n) is 12.2. The molecule has 0 radical (unpaired) electrons. The summed E-state index contributed by atoms with van der Waals surface area (Å²) in [6.45, 7) is 5.60. The molecule has 1 N–H and O–H groups in total. The van der Waals surface area contributed by atoms with Gasteiger partial charge in [-0.1, -0.05) is 12.1 Å². The van der Waals surface area contributed by atoms with Crippen molar-refractivity contribution >= 4 is 5.71 Å². The lowest BCUT2D eigenvalue weighted by Crippen LogP contribution is -2.49. The van der Waals surface area contributed by atoms with Gasteiger partial charge in [-0.25, -0.2) is 0 Å². The Labute approximate surface area is 117 Å². The van der Waals surface area contributed by atoms with E-state index < -0.39 is 36.2 Å². The van der Waals surface area contributed by atoms with Crippen LogP contribution in [0.15, 0.2) is 5.16 Å². The SMILES string of the molecule is CCC1=NOC(O)([C@H]2O[C@@H](OC)[C@@H]3OC(C)(C)O[C@H]32)C1. The van der Waals surface area contributed by atoms with Crippen LogP contribution in [0.1, 0.15) is 33.6 Å². The fraction of sp³-hybridized carbons (Fsp3) is 0.923. The van der Waals surface area contributed by atoms with Crippen molar-refractivity contribution in [3.63, 3.8) is 0 Å². The number of methoxy groups -OCH3 is 1. The maximum Gasteiger partial charge on any atom is 0.269 e. The van der Waals surface area contributed by atoms with E-state index in [1.165, 1.54) is 7.11 Å². The summed E-state index contributed by atoms with van der Waals surface area (Å²) in [4.78, 5) is 5.22. The minimum atomic E-state index is -1.52. The summed E-state index contributed by atoms with van der Waals surface area (Å²) in [7, 11) is 1.53. The van der Waals surface area contributed by atoms with E-state index in [0.717, 1.165) is 12.1 Å². The van der Waals surface area contributed by atoms with Crippen molar-refractivity contribution in [2.75, 3.05) is 7.11 Å². The monoisotopic (exact) mass is 287 g/mol. The first-order valence-electron chi connectivity index (χ1n) is 6.89. The van der Waals surface area contributed by atoms with E-state index in [4.69, 9.17) is 23.8 Å². The van der Waals surface area contributed by atoms with Crippen LogP contribution >= 0.6 is 0 Å². The molecule has 0 saturated carbocycles. The van der Waals surface area contributed by atoms with Crippen LogP contribution in [0.5, 0.6) is 0 Å². The van der Waals surface area contributed by atoms with E-state index in [1.807, 2.05) is 20.8 Å². The van der Waals surface area contributed by atoms with E-state index in [9.17, 15) is 5.11 Å². The fourth-order valence-corrected chi connectivity index (χ4v) is 2.96. The zero-order chi connectivity index (χ0) is 14.5. The Bertz CT molecular complexity index is 425. The van der Waals surface area contributed by atoms with Gasteiger partial charge >= 0.3 is 0 Å². The highest BCUT2D eigenvalue weighted by Crippen LogP contribution is 2.44. The van der Waals surface area contributed by atoms with Crippen LogP contribution in [0.3, 0.4) is 0 Å². The van der Waals surface area contributed by atoms with E-state index in [1.54, 1.807) is 0 Å². The Morgan fingerprint density at radius 1 is 1.35 bits per heavy atom. The Morgan fingerprint density at radius 3 is 2.65 bits per heavy atom. The predicted molar refractivity (Wildman–Crippen MR) is 67.9 cm³/mol. The number of ether oxygens (including phenoxy) is 4. The van der Waals surface area contributed by atoms with Gasteiger partial charge in [-0.3, -0.25) is 0 Å². The van der Waals surface area contributed by atoms with Gasteiger partial charge in [0.05, 0.1) is 12.1 Å². The van der Waals surface area contributed by atoms with Crippen LogP contribution in [0.4, 0.5) is 0 Å². The minimum Gasteiger partial charge on any atom is -0.357 e. The predicted octanol–water partition coefficient (Wildman–Crippen LogP) is 0.753. The Morgan fingerprint density at radius 2 is 2.05 bits per heavy atom. The lowest BCUT2D eigenvalue weighted by atomic mass is 9.97. The van der Waals surface area contributed by atoms with Crippen LogP contribution in [-0.4, -0.2) is 54.1 Å². The summed E-state index contributed by atoms with van der Waals surface area (Å²) in [6.07, 6.45) is -1.11. The van der Waals surface area contributed by atoms with Crippen LogP contribution in [0.2, 0.25) is 0 Å². The molecule has 0 aromatic rings. The lowest BCUT2D eigenvalue weighted by Gasteiger charge is -2.30. The highest BCUT2D eigenvalue weighted by atomic mass is 16.8. The fourth-order valence-electron chi connectivity index (χ4n) is 2.96. The van der Waals surface area contributed by atoms with Crippen LogP contribution < -0.4 is 0 Å². The molecule has 5 atom stereocenters. The molecule has 3 aliphatic rings. The van der Waals surface area contributed by atoms with Crippen molar-refractivity contribution in [1.29, 1.82) is 0 Å². The van der Waals surface area contributed by atoms with Gasteiger partial charge in [-0.2, -0.15) is 0 Å². The average molecular weight is 287 g/mol. The van der Waals surface area contributed by atoms with Crippen LogP contribution in [0, 0.1) is 0 Å². The number of aliphatic hydroxyl groups is 1. The molecule has 7 heteroatoms. The van der Waals surface area contributed by atoms with Gasteiger partial charge in [-0.15, -0.1) is 0 Å². The summed E-state index contributed by atoms with van der Waals surface area (Å²) in [5, 5.41) is 14.6. The topological polar surface area (TPSA) is 78.7 Å². The number of nitrogens with zero attached hydrogens (tertiary/aromatic N) is 1. The number of fused-ring (bicyclic) bond motifs is 1. The largest absolute Gasteiger partial charge is 0.357 e. The van der Waals surface area contributed by atoms with Gasteiger partial charge in [0.15, 0.2) is 18.2 Å². The molecule has 0 aromatic carbocycles. The maximum absolute atomic E-state index is 10.7. The Hall–Kier alpha value is -0.730. The maximum atomic E-state index is 10.7. The summed E-state index contributed by atoms with van der Waals surface area (Å²) >= 11 is 0. The first-order valence-corrected chi connectivity index (χ1v) is 6.89. The average Bonchev–Trinajstić information content (AvgIpc) is 3.00. The third-order valence-electron chi connectivity index (χ3n) is 3.89. The molecule has 0 amide bonds.